The molecule has 0 radical (unpaired) electrons. The van der Waals surface area contributed by atoms with Gasteiger partial charge in [-0.05, 0) is 41.3 Å². The third-order valence-electron chi connectivity index (χ3n) is 4.85. The molecule has 0 heterocycles. The fraction of sp³-hybridized carbons (Fsp3) is 0.238. The number of rotatable bonds is 5. The lowest BCUT2D eigenvalue weighted by molar-refractivity contribution is 0.402. The molecule has 0 aliphatic rings. The summed E-state index contributed by atoms with van der Waals surface area (Å²) in [5.41, 5.74) is 3.37. The van der Waals surface area contributed by atoms with Crippen molar-refractivity contribution in [3.8, 4) is 11.5 Å². The van der Waals surface area contributed by atoms with E-state index >= 15 is 0 Å². The van der Waals surface area contributed by atoms with Crippen LogP contribution in [0.2, 0.25) is 0 Å². The van der Waals surface area contributed by atoms with Gasteiger partial charge in [0.25, 0.3) is 0 Å². The quantitative estimate of drug-likeness (QED) is 0.782. The maximum Gasteiger partial charge on any atom is 0.122 e. The lowest BCUT2D eigenvalue weighted by Gasteiger charge is -2.36. The Balaban J connectivity index is 2.69. The maximum atomic E-state index is 9.91. The average molecular weight is 308 g/mol. The molecule has 2 nitrogen and oxygen atoms in total. The van der Waals surface area contributed by atoms with Crippen molar-refractivity contribution in [2.75, 3.05) is 0 Å². The molecule has 0 saturated carbocycles. The monoisotopic (exact) mass is 308 g/mol. The molecule has 0 amide bonds. The van der Waals surface area contributed by atoms with Crippen LogP contribution in [0.4, 0.5) is 0 Å². The molecule has 0 unspecified atom stereocenters. The summed E-state index contributed by atoms with van der Waals surface area (Å²) in [7, 11) is 0. The van der Waals surface area contributed by atoms with E-state index in [9.17, 15) is 10.2 Å². The fourth-order valence-corrected chi connectivity index (χ4v) is 2.92. The Labute approximate surface area is 138 Å². The van der Waals surface area contributed by atoms with Crippen molar-refractivity contribution in [3.63, 3.8) is 0 Å². The van der Waals surface area contributed by atoms with Gasteiger partial charge < -0.3 is 10.2 Å². The molecule has 0 bridgehead atoms. The summed E-state index contributed by atoms with van der Waals surface area (Å²) in [6.07, 6.45) is 3.32. The zero-order valence-corrected chi connectivity index (χ0v) is 14.0. The van der Waals surface area contributed by atoms with Gasteiger partial charge >= 0.3 is 0 Å². The summed E-state index contributed by atoms with van der Waals surface area (Å²) in [6, 6.07) is 11.3. The van der Waals surface area contributed by atoms with E-state index in [-0.39, 0.29) is 16.9 Å². The van der Waals surface area contributed by atoms with Gasteiger partial charge in [-0.15, -0.1) is 0 Å². The Kier molecular flexibility index (Phi) is 4.65. The normalized spacial score (nSPS) is 11.5. The van der Waals surface area contributed by atoms with Gasteiger partial charge in [0.05, 0.1) is 0 Å². The van der Waals surface area contributed by atoms with Crippen molar-refractivity contribution in [2.45, 2.75) is 26.2 Å². The van der Waals surface area contributed by atoms with Crippen LogP contribution in [-0.2, 0) is 5.41 Å². The number of phenolic OH excluding ortho intramolecular Hbond substituents is 2. The molecule has 2 aromatic carbocycles. The highest BCUT2D eigenvalue weighted by molar-refractivity contribution is 5.60. The van der Waals surface area contributed by atoms with Crippen LogP contribution in [0.25, 0.3) is 12.2 Å². The first-order valence-electron chi connectivity index (χ1n) is 7.76. The Morgan fingerprint density at radius 3 is 1.57 bits per heavy atom. The molecule has 2 aromatic rings. The number of phenols is 2. The molecule has 2 N–H and O–H groups in total. The highest BCUT2D eigenvalue weighted by atomic mass is 16.3. The second-order valence-electron chi connectivity index (χ2n) is 6.31. The van der Waals surface area contributed by atoms with Gasteiger partial charge in [0.2, 0.25) is 0 Å². The van der Waals surface area contributed by atoms with Gasteiger partial charge in [0, 0.05) is 16.5 Å². The number of aromatic hydroxyl groups is 2. The fourth-order valence-electron chi connectivity index (χ4n) is 2.92. The first-order chi connectivity index (χ1) is 10.8. The van der Waals surface area contributed by atoms with E-state index in [0.29, 0.717) is 5.92 Å². The van der Waals surface area contributed by atoms with Gasteiger partial charge in [-0.2, -0.15) is 0 Å². The van der Waals surface area contributed by atoms with Crippen LogP contribution in [0.5, 0.6) is 11.5 Å². The van der Waals surface area contributed by atoms with E-state index in [1.54, 1.807) is 24.3 Å². The number of hydrogen-bond donors (Lipinski definition) is 2. The highest BCUT2D eigenvalue weighted by Crippen LogP contribution is 2.41. The molecule has 0 aromatic heterocycles. The summed E-state index contributed by atoms with van der Waals surface area (Å²) >= 11 is 0. The largest absolute Gasteiger partial charge is 0.507 e. The second kappa shape index (κ2) is 6.33. The maximum absolute atomic E-state index is 9.91. The average Bonchev–Trinajstić information content (AvgIpc) is 2.54. The zero-order chi connectivity index (χ0) is 17.2. The molecule has 0 atom stereocenters. The Bertz CT molecular complexity index is 684. The lowest BCUT2D eigenvalue weighted by atomic mass is 9.68. The van der Waals surface area contributed by atoms with E-state index in [1.165, 1.54) is 0 Å². The Hall–Kier alpha value is -2.48. The number of hydrogen-bond acceptors (Lipinski definition) is 2. The predicted octanol–water partition coefficient (Wildman–Crippen LogP) is 5.35. The molecule has 23 heavy (non-hydrogen) atoms. The topological polar surface area (TPSA) is 40.5 Å². The predicted molar refractivity (Wildman–Crippen MR) is 97.7 cm³/mol. The third-order valence-corrected chi connectivity index (χ3v) is 4.85. The smallest absolute Gasteiger partial charge is 0.122 e. The van der Waals surface area contributed by atoms with Crippen molar-refractivity contribution in [1.29, 1.82) is 0 Å². The molecular weight excluding hydrogens is 284 g/mol. The minimum atomic E-state index is -0.267. The van der Waals surface area contributed by atoms with Crippen molar-refractivity contribution < 1.29 is 10.2 Å². The van der Waals surface area contributed by atoms with Crippen molar-refractivity contribution in [2.24, 2.45) is 5.92 Å². The summed E-state index contributed by atoms with van der Waals surface area (Å²) in [4.78, 5) is 0. The molecular formula is C21H24O2. The number of benzene rings is 2. The van der Waals surface area contributed by atoms with E-state index in [1.807, 2.05) is 24.3 Å². The molecule has 2 rings (SSSR count). The SMILES string of the molecule is C=Cc1cc(C(C)(c2ccc(O)c(C=C)c2)C(C)C)ccc1O. The molecule has 0 saturated heterocycles. The van der Waals surface area contributed by atoms with E-state index in [4.69, 9.17) is 0 Å². The first kappa shape index (κ1) is 16.9. The second-order valence-corrected chi connectivity index (χ2v) is 6.31. The molecule has 0 aliphatic heterocycles. The summed E-state index contributed by atoms with van der Waals surface area (Å²) in [6.45, 7) is 14.0. The van der Waals surface area contributed by atoms with Gasteiger partial charge in [0.15, 0.2) is 0 Å². The van der Waals surface area contributed by atoms with E-state index < -0.39 is 0 Å². The Morgan fingerprint density at radius 2 is 1.26 bits per heavy atom. The van der Waals surface area contributed by atoms with Crippen LogP contribution in [-0.4, -0.2) is 10.2 Å². The summed E-state index contributed by atoms with van der Waals surface area (Å²) in [5.74, 6) is 0.770. The summed E-state index contributed by atoms with van der Waals surface area (Å²) < 4.78 is 0. The zero-order valence-electron chi connectivity index (χ0n) is 14.0. The van der Waals surface area contributed by atoms with Crippen molar-refractivity contribution in [1.82, 2.24) is 0 Å². The van der Waals surface area contributed by atoms with Crippen LogP contribution < -0.4 is 0 Å². The van der Waals surface area contributed by atoms with Gasteiger partial charge in [-0.25, -0.2) is 0 Å². The van der Waals surface area contributed by atoms with Crippen LogP contribution in [0.1, 0.15) is 43.0 Å². The molecule has 0 aliphatic carbocycles. The third kappa shape index (κ3) is 2.89. The van der Waals surface area contributed by atoms with E-state index in [0.717, 1.165) is 22.3 Å². The van der Waals surface area contributed by atoms with Crippen LogP contribution in [0.15, 0.2) is 49.6 Å². The molecule has 0 spiro atoms. The molecule has 120 valence electrons. The highest BCUT2D eigenvalue weighted by Gasteiger charge is 2.33. The first-order valence-corrected chi connectivity index (χ1v) is 7.76. The molecule has 2 heteroatoms. The Morgan fingerprint density at radius 1 is 0.870 bits per heavy atom. The molecule has 0 fully saturated rings. The van der Waals surface area contributed by atoms with Crippen LogP contribution >= 0.6 is 0 Å². The summed E-state index contributed by atoms with van der Waals surface area (Å²) in [5, 5.41) is 19.8. The van der Waals surface area contributed by atoms with Crippen molar-refractivity contribution in [3.05, 3.63) is 71.8 Å². The van der Waals surface area contributed by atoms with Gasteiger partial charge in [0.1, 0.15) is 11.5 Å². The van der Waals surface area contributed by atoms with Crippen LogP contribution in [0.3, 0.4) is 0 Å². The van der Waals surface area contributed by atoms with Crippen molar-refractivity contribution >= 4 is 12.2 Å². The van der Waals surface area contributed by atoms with E-state index in [2.05, 4.69) is 33.9 Å². The van der Waals surface area contributed by atoms with Gasteiger partial charge in [-0.3, -0.25) is 0 Å². The standard InChI is InChI=1S/C21H24O2/c1-6-15-12-17(8-10-19(15)22)21(5,14(3)4)18-9-11-20(23)16(7-2)13-18/h6-14,22-23H,1-2H2,3-5H3. The minimum Gasteiger partial charge on any atom is -0.507 e. The minimum absolute atomic E-state index is 0.229. The lowest BCUT2D eigenvalue weighted by Crippen LogP contribution is -2.30. The van der Waals surface area contributed by atoms with Gasteiger partial charge in [-0.1, -0.05) is 58.2 Å². The van der Waals surface area contributed by atoms with Crippen LogP contribution in [0, 0.1) is 5.92 Å².